The first-order chi connectivity index (χ1) is 7.24. The van der Waals surface area contributed by atoms with Gasteiger partial charge in [0.1, 0.15) is 17.0 Å². The number of carbonyl (C=O) groups excluding carboxylic acids is 1. The highest BCUT2D eigenvalue weighted by atomic mass is 16.6. The van der Waals surface area contributed by atoms with Crippen molar-refractivity contribution < 1.29 is 9.53 Å². The molecule has 1 amide bonds. The smallest absolute Gasteiger partial charge is 0.416 e. The lowest BCUT2D eigenvalue weighted by Crippen LogP contribution is -2.30. The Morgan fingerprint density at radius 1 is 1.56 bits per heavy atom. The van der Waals surface area contributed by atoms with E-state index in [0.29, 0.717) is 11.8 Å². The molecule has 0 spiro atoms. The van der Waals surface area contributed by atoms with E-state index in [4.69, 9.17) is 10.1 Å². The first-order valence-corrected chi connectivity index (χ1v) is 5.86. The number of amidine groups is 1. The zero-order valence-electron chi connectivity index (χ0n) is 10.5. The molecule has 4 nitrogen and oxygen atoms in total. The van der Waals surface area contributed by atoms with Crippen molar-refractivity contribution in [1.29, 1.82) is 5.41 Å². The second-order valence-corrected chi connectivity index (χ2v) is 6.09. The Morgan fingerprint density at radius 2 is 2.12 bits per heavy atom. The lowest BCUT2D eigenvalue weighted by molar-refractivity contribution is 0.0397. The maximum Gasteiger partial charge on any atom is 0.416 e. The van der Waals surface area contributed by atoms with Crippen molar-refractivity contribution in [1.82, 2.24) is 4.90 Å². The van der Waals surface area contributed by atoms with Crippen molar-refractivity contribution in [2.24, 2.45) is 5.92 Å². The van der Waals surface area contributed by atoms with E-state index in [0.717, 1.165) is 6.42 Å². The summed E-state index contributed by atoms with van der Waals surface area (Å²) in [5.41, 5.74) is -0.843. The van der Waals surface area contributed by atoms with Gasteiger partial charge >= 0.3 is 6.09 Å². The van der Waals surface area contributed by atoms with E-state index in [9.17, 15) is 4.79 Å². The molecule has 2 aliphatic rings. The fraction of sp³-hybridized carbons (Fsp3) is 0.833. The molecule has 1 heterocycles. The van der Waals surface area contributed by atoms with Crippen molar-refractivity contribution in [2.75, 3.05) is 0 Å². The van der Waals surface area contributed by atoms with Crippen LogP contribution in [-0.4, -0.2) is 28.0 Å². The van der Waals surface area contributed by atoms with E-state index >= 15 is 0 Å². The summed E-state index contributed by atoms with van der Waals surface area (Å²) in [5, 5.41) is 7.81. The highest BCUT2D eigenvalue weighted by Crippen LogP contribution is 2.47. The number of hydrogen-bond acceptors (Lipinski definition) is 3. The summed E-state index contributed by atoms with van der Waals surface area (Å²) in [6.45, 7) is 7.49. The van der Waals surface area contributed by atoms with Gasteiger partial charge in [-0.25, -0.2) is 4.79 Å². The molecule has 0 bridgehead atoms. The third-order valence-electron chi connectivity index (χ3n) is 3.14. The maximum atomic E-state index is 11.8. The van der Waals surface area contributed by atoms with Crippen LogP contribution < -0.4 is 0 Å². The van der Waals surface area contributed by atoms with Gasteiger partial charge < -0.3 is 4.74 Å². The molecule has 1 saturated carbocycles. The van der Waals surface area contributed by atoms with Gasteiger partial charge in [0.25, 0.3) is 0 Å². The minimum absolute atomic E-state index is 0.358. The monoisotopic (exact) mass is 224 g/mol. The second kappa shape index (κ2) is 3.22. The van der Waals surface area contributed by atoms with Gasteiger partial charge in [0.2, 0.25) is 0 Å². The summed E-state index contributed by atoms with van der Waals surface area (Å²) in [4.78, 5) is 13.3. The van der Waals surface area contributed by atoms with Gasteiger partial charge in [-0.05, 0) is 40.0 Å². The van der Waals surface area contributed by atoms with Crippen LogP contribution in [0.25, 0.3) is 0 Å². The normalized spacial score (nSPS) is 29.2. The average molecular weight is 224 g/mol. The lowest BCUT2D eigenvalue weighted by Gasteiger charge is -2.20. The van der Waals surface area contributed by atoms with Crippen molar-refractivity contribution in [3.8, 4) is 0 Å². The van der Waals surface area contributed by atoms with E-state index < -0.39 is 5.60 Å². The van der Waals surface area contributed by atoms with Gasteiger partial charge in [0.05, 0.1) is 0 Å². The standard InChI is InChI=1S/C12H20N2O2/c1-11(2,3)16-10(15)14-9(13)12(14,4)7-8-5-6-8/h8,13H,5-7H2,1-4H3. The van der Waals surface area contributed by atoms with Gasteiger partial charge in [-0.3, -0.25) is 10.3 Å². The van der Waals surface area contributed by atoms with Crippen molar-refractivity contribution in [3.63, 3.8) is 0 Å². The summed E-state index contributed by atoms with van der Waals surface area (Å²) in [7, 11) is 0. The first-order valence-electron chi connectivity index (χ1n) is 5.86. The molecule has 1 unspecified atom stereocenters. The largest absolute Gasteiger partial charge is 0.443 e. The van der Waals surface area contributed by atoms with Crippen molar-refractivity contribution in [2.45, 2.75) is 58.1 Å². The van der Waals surface area contributed by atoms with Crippen LogP contribution in [-0.2, 0) is 4.74 Å². The summed E-state index contributed by atoms with van der Waals surface area (Å²) in [5.74, 6) is 1.12. The van der Waals surface area contributed by atoms with Crippen LogP contribution in [0.5, 0.6) is 0 Å². The summed E-state index contributed by atoms with van der Waals surface area (Å²) in [6.07, 6.45) is 3.03. The Kier molecular flexibility index (Phi) is 2.30. The zero-order valence-corrected chi connectivity index (χ0v) is 10.5. The van der Waals surface area contributed by atoms with Crippen LogP contribution >= 0.6 is 0 Å². The molecule has 0 aromatic rings. The van der Waals surface area contributed by atoms with Crippen LogP contribution in [0.2, 0.25) is 0 Å². The Hall–Kier alpha value is -1.06. The highest BCUT2D eigenvalue weighted by molar-refractivity contribution is 6.14. The molecular formula is C12H20N2O2. The molecule has 2 fully saturated rings. The van der Waals surface area contributed by atoms with E-state index in [1.54, 1.807) is 0 Å². The Balaban J connectivity index is 1.96. The SMILES string of the molecule is CC(C)(C)OC(=O)N1C(=N)C1(C)CC1CC1. The first kappa shape index (κ1) is 11.4. The molecule has 1 aliphatic carbocycles. The fourth-order valence-electron chi connectivity index (χ4n) is 2.04. The average Bonchev–Trinajstić information content (AvgIpc) is 2.92. The minimum Gasteiger partial charge on any atom is -0.443 e. The molecule has 90 valence electrons. The van der Waals surface area contributed by atoms with E-state index in [2.05, 4.69) is 0 Å². The van der Waals surface area contributed by atoms with Gasteiger partial charge in [-0.1, -0.05) is 12.8 Å². The minimum atomic E-state index is -0.486. The topological polar surface area (TPSA) is 53.2 Å². The Bertz CT molecular complexity index is 341. The number of nitrogens with one attached hydrogen (secondary N) is 1. The van der Waals surface area contributed by atoms with Crippen LogP contribution in [0.15, 0.2) is 0 Å². The second-order valence-electron chi connectivity index (χ2n) is 6.09. The van der Waals surface area contributed by atoms with Crippen LogP contribution in [0.1, 0.15) is 47.0 Å². The number of ether oxygens (including phenoxy) is 1. The molecule has 2 rings (SSSR count). The van der Waals surface area contributed by atoms with Gasteiger partial charge in [-0.2, -0.15) is 0 Å². The van der Waals surface area contributed by atoms with Gasteiger partial charge in [-0.15, -0.1) is 0 Å². The molecule has 1 saturated heterocycles. The van der Waals surface area contributed by atoms with Gasteiger partial charge in [0, 0.05) is 0 Å². The fourth-order valence-corrected chi connectivity index (χ4v) is 2.04. The number of carbonyl (C=O) groups is 1. The van der Waals surface area contributed by atoms with E-state index in [1.165, 1.54) is 17.7 Å². The third kappa shape index (κ3) is 2.06. The predicted molar refractivity (Wildman–Crippen MR) is 61.5 cm³/mol. The molecule has 16 heavy (non-hydrogen) atoms. The predicted octanol–water partition coefficient (Wildman–Crippen LogP) is 2.77. The van der Waals surface area contributed by atoms with Crippen molar-refractivity contribution in [3.05, 3.63) is 0 Å². The quantitative estimate of drug-likeness (QED) is 0.733. The van der Waals surface area contributed by atoms with Crippen LogP contribution in [0, 0.1) is 11.3 Å². The summed E-state index contributed by atoms with van der Waals surface area (Å²) in [6, 6.07) is 0. The molecule has 0 aromatic heterocycles. The lowest BCUT2D eigenvalue weighted by atomic mass is 10.0. The number of hydrogen-bond donors (Lipinski definition) is 1. The Labute approximate surface area is 96.5 Å². The maximum absolute atomic E-state index is 11.8. The molecule has 4 heteroatoms. The number of nitrogens with zero attached hydrogens (tertiary/aromatic N) is 1. The van der Waals surface area contributed by atoms with E-state index in [1.807, 2.05) is 27.7 Å². The summed E-state index contributed by atoms with van der Waals surface area (Å²) >= 11 is 0. The van der Waals surface area contributed by atoms with Crippen LogP contribution in [0.3, 0.4) is 0 Å². The van der Waals surface area contributed by atoms with Crippen LogP contribution in [0.4, 0.5) is 4.79 Å². The van der Waals surface area contributed by atoms with Crippen molar-refractivity contribution >= 4 is 11.9 Å². The molecule has 1 aliphatic heterocycles. The third-order valence-corrected chi connectivity index (χ3v) is 3.14. The number of amides is 1. The highest BCUT2D eigenvalue weighted by Gasteiger charge is 2.61. The molecule has 0 aromatic carbocycles. The Morgan fingerprint density at radius 3 is 2.56 bits per heavy atom. The molecule has 1 atom stereocenters. The number of rotatable bonds is 2. The molecular weight excluding hydrogens is 204 g/mol. The van der Waals surface area contributed by atoms with Gasteiger partial charge in [0.15, 0.2) is 0 Å². The molecule has 0 radical (unpaired) electrons. The molecule has 1 N–H and O–H groups in total. The zero-order chi connectivity index (χ0) is 12.1. The van der Waals surface area contributed by atoms with E-state index in [-0.39, 0.29) is 11.6 Å². The summed E-state index contributed by atoms with van der Waals surface area (Å²) < 4.78 is 5.28.